The van der Waals surface area contributed by atoms with Crippen molar-refractivity contribution in [1.82, 2.24) is 9.55 Å². The summed E-state index contributed by atoms with van der Waals surface area (Å²) in [6, 6.07) is 16.5. The largest absolute Gasteiger partial charge is 0.323 e. The number of hydrogen-bond donors (Lipinski definition) is 0. The second-order valence-electron chi connectivity index (χ2n) is 6.39. The molecule has 2 nitrogen and oxygen atoms in total. The Kier molecular flexibility index (Phi) is 5.92. The van der Waals surface area contributed by atoms with E-state index in [1.807, 2.05) is 12.1 Å². The van der Waals surface area contributed by atoms with Crippen LogP contribution in [0.3, 0.4) is 0 Å². The molecule has 0 bridgehead atoms. The Morgan fingerprint density at radius 3 is 2.46 bits per heavy atom. The zero-order valence-corrected chi connectivity index (χ0v) is 15.1. The fraction of sp³-hybridized carbons (Fsp3) is 0.381. The van der Waals surface area contributed by atoms with E-state index in [9.17, 15) is 0 Å². The monoisotopic (exact) mass is 340 g/mol. The quantitative estimate of drug-likeness (QED) is 0.443. The van der Waals surface area contributed by atoms with Gasteiger partial charge in [0.05, 0.1) is 11.0 Å². The van der Waals surface area contributed by atoms with Crippen LogP contribution in [0.5, 0.6) is 0 Å². The molecule has 0 fully saturated rings. The van der Waals surface area contributed by atoms with Crippen molar-refractivity contribution in [2.45, 2.75) is 52.0 Å². The summed E-state index contributed by atoms with van der Waals surface area (Å²) in [5.74, 6) is 1.20. The molecule has 0 spiro atoms. The second-order valence-corrected chi connectivity index (χ2v) is 6.83. The Hall–Kier alpha value is -1.80. The molecule has 3 rings (SSSR count). The Morgan fingerprint density at radius 2 is 1.67 bits per heavy atom. The molecule has 0 aliphatic carbocycles. The third kappa shape index (κ3) is 4.18. The lowest BCUT2D eigenvalue weighted by Crippen LogP contribution is -2.05. The minimum atomic E-state index is 0.783. The molecule has 0 atom stereocenters. The molecular formula is C21H25ClN2. The van der Waals surface area contributed by atoms with Gasteiger partial charge < -0.3 is 4.57 Å². The van der Waals surface area contributed by atoms with Crippen LogP contribution in [0.4, 0.5) is 0 Å². The number of hydrogen-bond acceptors (Lipinski definition) is 1. The van der Waals surface area contributed by atoms with E-state index in [4.69, 9.17) is 16.6 Å². The first kappa shape index (κ1) is 17.0. The maximum Gasteiger partial charge on any atom is 0.110 e. The van der Waals surface area contributed by atoms with Crippen molar-refractivity contribution in [2.75, 3.05) is 0 Å². The highest BCUT2D eigenvalue weighted by Gasteiger charge is 2.10. The van der Waals surface area contributed by atoms with Crippen LogP contribution in [0.1, 0.15) is 50.4 Å². The predicted molar refractivity (Wildman–Crippen MR) is 103 cm³/mol. The molecular weight excluding hydrogens is 316 g/mol. The number of fused-ring (bicyclic) bond motifs is 1. The fourth-order valence-electron chi connectivity index (χ4n) is 3.15. The van der Waals surface area contributed by atoms with E-state index < -0.39 is 0 Å². The van der Waals surface area contributed by atoms with Gasteiger partial charge in [-0.2, -0.15) is 0 Å². The first-order valence-electron chi connectivity index (χ1n) is 8.96. The van der Waals surface area contributed by atoms with Crippen LogP contribution in [-0.2, 0) is 13.0 Å². The zero-order valence-electron chi connectivity index (χ0n) is 14.3. The smallest absolute Gasteiger partial charge is 0.110 e. The van der Waals surface area contributed by atoms with Crippen molar-refractivity contribution in [3.05, 3.63) is 64.9 Å². The summed E-state index contributed by atoms with van der Waals surface area (Å²) in [6.07, 6.45) is 7.50. The molecule has 0 amide bonds. The highest BCUT2D eigenvalue weighted by molar-refractivity contribution is 6.30. The number of nitrogens with zero attached hydrogens (tertiary/aromatic N) is 2. The van der Waals surface area contributed by atoms with Gasteiger partial charge in [-0.25, -0.2) is 4.98 Å². The Bertz CT molecular complexity index is 774. The number of para-hydroxylation sites is 2. The number of rotatable bonds is 8. The molecule has 0 N–H and O–H groups in total. The lowest BCUT2D eigenvalue weighted by molar-refractivity contribution is 0.610. The average Bonchev–Trinajstić information content (AvgIpc) is 2.94. The van der Waals surface area contributed by atoms with Crippen LogP contribution in [0, 0.1) is 0 Å². The van der Waals surface area contributed by atoms with Crippen molar-refractivity contribution in [3.63, 3.8) is 0 Å². The van der Waals surface area contributed by atoms with E-state index in [0.29, 0.717) is 0 Å². The molecule has 0 aliphatic heterocycles. The van der Waals surface area contributed by atoms with Crippen LogP contribution < -0.4 is 0 Å². The van der Waals surface area contributed by atoms with Crippen molar-refractivity contribution in [1.29, 1.82) is 0 Å². The van der Waals surface area contributed by atoms with E-state index in [2.05, 4.69) is 47.9 Å². The van der Waals surface area contributed by atoms with E-state index in [1.54, 1.807) is 0 Å². The van der Waals surface area contributed by atoms with E-state index in [-0.39, 0.29) is 0 Å². The Labute approximate surface area is 149 Å². The summed E-state index contributed by atoms with van der Waals surface area (Å²) in [6.45, 7) is 3.10. The Morgan fingerprint density at radius 1 is 0.917 bits per heavy atom. The van der Waals surface area contributed by atoms with Crippen molar-refractivity contribution < 1.29 is 0 Å². The Balaban J connectivity index is 1.80. The van der Waals surface area contributed by atoms with Gasteiger partial charge in [0.25, 0.3) is 0 Å². The van der Waals surface area contributed by atoms with Gasteiger partial charge in [-0.15, -0.1) is 0 Å². The van der Waals surface area contributed by atoms with Gasteiger partial charge in [0.2, 0.25) is 0 Å². The molecule has 24 heavy (non-hydrogen) atoms. The van der Waals surface area contributed by atoms with Crippen LogP contribution in [0.25, 0.3) is 11.0 Å². The summed E-state index contributed by atoms with van der Waals surface area (Å²) >= 11 is 6.01. The molecule has 1 aromatic heterocycles. The highest BCUT2D eigenvalue weighted by Crippen LogP contribution is 2.20. The van der Waals surface area contributed by atoms with Gasteiger partial charge in [-0.05, 0) is 36.2 Å². The van der Waals surface area contributed by atoms with Gasteiger partial charge in [0.1, 0.15) is 5.82 Å². The number of aryl methyl sites for hydroxylation is 1. The molecule has 126 valence electrons. The lowest BCUT2D eigenvalue weighted by atomic mass is 10.1. The molecule has 1 heterocycles. The van der Waals surface area contributed by atoms with Crippen LogP contribution >= 0.6 is 11.6 Å². The fourth-order valence-corrected chi connectivity index (χ4v) is 3.28. The molecule has 0 aliphatic rings. The summed E-state index contributed by atoms with van der Waals surface area (Å²) < 4.78 is 2.36. The highest BCUT2D eigenvalue weighted by atomic mass is 35.5. The summed E-state index contributed by atoms with van der Waals surface area (Å²) in [5, 5.41) is 0.783. The third-order valence-corrected chi connectivity index (χ3v) is 4.74. The minimum Gasteiger partial charge on any atom is -0.323 e. The topological polar surface area (TPSA) is 17.8 Å². The van der Waals surface area contributed by atoms with Crippen molar-refractivity contribution in [3.8, 4) is 0 Å². The van der Waals surface area contributed by atoms with Crippen molar-refractivity contribution >= 4 is 22.6 Å². The first-order valence-corrected chi connectivity index (χ1v) is 9.34. The van der Waals surface area contributed by atoms with Gasteiger partial charge in [0, 0.05) is 18.0 Å². The molecule has 0 saturated heterocycles. The molecule has 2 aromatic carbocycles. The van der Waals surface area contributed by atoms with Crippen LogP contribution in [0.15, 0.2) is 48.5 Å². The van der Waals surface area contributed by atoms with Crippen molar-refractivity contribution in [2.24, 2.45) is 0 Å². The first-order chi connectivity index (χ1) is 11.8. The molecule has 3 heteroatoms. The number of aromatic nitrogens is 2. The average molecular weight is 341 g/mol. The van der Waals surface area contributed by atoms with Gasteiger partial charge in [0.15, 0.2) is 0 Å². The summed E-state index contributed by atoms with van der Waals surface area (Å²) in [5.41, 5.74) is 3.57. The van der Waals surface area contributed by atoms with E-state index >= 15 is 0 Å². The van der Waals surface area contributed by atoms with E-state index in [0.717, 1.165) is 23.5 Å². The second kappa shape index (κ2) is 8.34. The van der Waals surface area contributed by atoms with Gasteiger partial charge >= 0.3 is 0 Å². The maximum atomic E-state index is 6.01. The lowest BCUT2D eigenvalue weighted by Gasteiger charge is -2.10. The van der Waals surface area contributed by atoms with Crippen LogP contribution in [0.2, 0.25) is 5.02 Å². The van der Waals surface area contributed by atoms with Gasteiger partial charge in [-0.1, -0.05) is 68.5 Å². The normalized spacial score (nSPS) is 11.2. The predicted octanol–water partition coefficient (Wildman–Crippen LogP) is 6.25. The summed E-state index contributed by atoms with van der Waals surface area (Å²) in [7, 11) is 0. The summed E-state index contributed by atoms with van der Waals surface area (Å²) in [4.78, 5) is 4.88. The molecule has 0 unspecified atom stereocenters. The minimum absolute atomic E-state index is 0.783. The molecule has 0 saturated carbocycles. The number of unbranched alkanes of at least 4 members (excludes halogenated alkanes) is 4. The number of benzene rings is 2. The molecule has 0 radical (unpaired) electrons. The van der Waals surface area contributed by atoms with Gasteiger partial charge in [-0.3, -0.25) is 0 Å². The number of halogens is 1. The molecule has 3 aromatic rings. The van der Waals surface area contributed by atoms with Crippen LogP contribution in [-0.4, -0.2) is 9.55 Å². The standard InChI is InChI=1S/C21H25ClN2/c1-2-3-4-5-6-11-21-23-19-9-7-8-10-20(19)24(21)16-17-12-14-18(22)15-13-17/h7-10,12-15H,2-6,11,16H2,1H3. The number of imidazole rings is 1. The zero-order chi connectivity index (χ0) is 16.8. The maximum absolute atomic E-state index is 6.01. The SMILES string of the molecule is CCCCCCCc1nc2ccccc2n1Cc1ccc(Cl)cc1. The van der Waals surface area contributed by atoms with E-state index in [1.165, 1.54) is 49.0 Å². The third-order valence-electron chi connectivity index (χ3n) is 4.49.